The first-order chi connectivity index (χ1) is 16.5. The molecule has 0 spiro atoms. The van der Waals surface area contributed by atoms with E-state index in [0.717, 1.165) is 5.56 Å². The second kappa shape index (κ2) is 11.4. The zero-order valence-corrected chi connectivity index (χ0v) is 24.1. The van der Waals surface area contributed by atoms with Crippen molar-refractivity contribution in [2.75, 3.05) is 7.11 Å². The van der Waals surface area contributed by atoms with Gasteiger partial charge in [-0.05, 0) is 51.5 Å². The zero-order valence-electron chi connectivity index (χ0n) is 21.6. The van der Waals surface area contributed by atoms with Gasteiger partial charge in [0, 0.05) is 16.5 Å². The molecule has 188 valence electrons. The molecule has 0 N–H and O–H groups in total. The van der Waals surface area contributed by atoms with Crippen LogP contribution >= 0.6 is 23.2 Å². The van der Waals surface area contributed by atoms with Crippen molar-refractivity contribution in [2.45, 2.75) is 64.6 Å². The summed E-state index contributed by atoms with van der Waals surface area (Å²) < 4.78 is 27.9. The quantitative estimate of drug-likeness (QED) is 0.255. The number of ether oxygens (including phenoxy) is 1. The molecule has 0 atom stereocenters. The van der Waals surface area contributed by atoms with E-state index in [1.54, 1.807) is 19.2 Å². The summed E-state index contributed by atoms with van der Waals surface area (Å²) in [4.78, 5) is 0. The topological polar surface area (TPSA) is 18.5 Å². The van der Waals surface area contributed by atoms with Crippen molar-refractivity contribution in [2.24, 2.45) is 0 Å². The molecule has 6 heteroatoms. The number of hydrogen-bond donors (Lipinski definition) is 0. The molecule has 0 saturated carbocycles. The van der Waals surface area contributed by atoms with E-state index in [4.69, 9.17) is 32.4 Å². The van der Waals surface area contributed by atoms with Gasteiger partial charge in [-0.3, -0.25) is 0 Å². The van der Waals surface area contributed by atoms with Crippen molar-refractivity contribution in [3.63, 3.8) is 0 Å². The van der Waals surface area contributed by atoms with E-state index < -0.39 is 8.32 Å². The molecule has 0 aliphatic heterocycles. The van der Waals surface area contributed by atoms with Crippen LogP contribution in [0.15, 0.2) is 54.6 Å². The van der Waals surface area contributed by atoms with Crippen molar-refractivity contribution >= 4 is 31.5 Å². The molecule has 0 heterocycles. The van der Waals surface area contributed by atoms with E-state index in [2.05, 4.69) is 41.5 Å². The Labute approximate surface area is 220 Å². The Morgan fingerprint density at radius 2 is 1.37 bits per heavy atom. The average Bonchev–Trinajstić information content (AvgIpc) is 2.80. The van der Waals surface area contributed by atoms with Crippen LogP contribution < -0.4 is 9.16 Å². The van der Waals surface area contributed by atoms with Crippen LogP contribution in [0.3, 0.4) is 0 Å². The first-order valence-electron chi connectivity index (χ1n) is 12.1. The minimum Gasteiger partial charge on any atom is -0.543 e. The molecule has 0 aromatic heterocycles. The number of halogens is 3. The molecule has 0 fully saturated rings. The molecule has 0 saturated heterocycles. The van der Waals surface area contributed by atoms with Gasteiger partial charge >= 0.3 is 0 Å². The molecule has 0 unspecified atom stereocenters. The molecule has 0 bridgehead atoms. The molecule has 3 aromatic carbocycles. The van der Waals surface area contributed by atoms with Gasteiger partial charge in [0.1, 0.15) is 17.3 Å². The predicted molar refractivity (Wildman–Crippen MR) is 149 cm³/mol. The maximum atomic E-state index is 15.7. The fourth-order valence-electron chi connectivity index (χ4n) is 5.34. The van der Waals surface area contributed by atoms with Crippen LogP contribution in [0.2, 0.25) is 26.7 Å². The second-order valence-electron chi connectivity index (χ2n) is 9.94. The zero-order chi connectivity index (χ0) is 25.9. The first-order valence-corrected chi connectivity index (χ1v) is 15.0. The van der Waals surface area contributed by atoms with Crippen LogP contribution in [-0.2, 0) is 6.42 Å². The molecule has 0 radical (unpaired) electrons. The largest absolute Gasteiger partial charge is 0.543 e. The third-order valence-electron chi connectivity index (χ3n) is 6.95. The molecule has 3 aromatic rings. The van der Waals surface area contributed by atoms with Gasteiger partial charge in [0.25, 0.3) is 8.32 Å². The maximum absolute atomic E-state index is 15.7. The molecule has 35 heavy (non-hydrogen) atoms. The fraction of sp³-hybridized carbons (Fsp3) is 0.379. The van der Waals surface area contributed by atoms with Gasteiger partial charge in [0.2, 0.25) is 0 Å². The Kier molecular flexibility index (Phi) is 8.95. The third-order valence-corrected chi connectivity index (χ3v) is 13.6. The second-order valence-corrected chi connectivity index (χ2v) is 16.1. The third kappa shape index (κ3) is 5.55. The Morgan fingerprint density at radius 1 is 0.829 bits per heavy atom. The highest BCUT2D eigenvalue weighted by molar-refractivity contribution is 6.78. The smallest absolute Gasteiger partial charge is 0.258 e. The molecular formula is C29H35Cl2FO2Si. The van der Waals surface area contributed by atoms with Gasteiger partial charge in [-0.2, -0.15) is 0 Å². The molecule has 3 rings (SSSR count). The van der Waals surface area contributed by atoms with Gasteiger partial charge < -0.3 is 9.16 Å². The summed E-state index contributed by atoms with van der Waals surface area (Å²) in [5.74, 6) is 0.830. The van der Waals surface area contributed by atoms with Gasteiger partial charge in [-0.1, -0.05) is 101 Å². The predicted octanol–water partition coefficient (Wildman–Crippen LogP) is 9.95. The SMILES string of the molecule is COc1ccc(Cc2c(Cl)cc(O[Si](C(C)C)(C(C)C)C(C)C)cc2Cl)c(F)c1-c1ccccc1. The Balaban J connectivity index is 2.00. The molecule has 0 aliphatic rings. The van der Waals surface area contributed by atoms with Gasteiger partial charge in [-0.15, -0.1) is 0 Å². The molecule has 0 amide bonds. The molecule has 2 nitrogen and oxygen atoms in total. The van der Waals surface area contributed by atoms with Gasteiger partial charge in [-0.25, -0.2) is 4.39 Å². The van der Waals surface area contributed by atoms with E-state index in [9.17, 15) is 0 Å². The van der Waals surface area contributed by atoms with Crippen LogP contribution in [0.25, 0.3) is 11.1 Å². The minimum atomic E-state index is -2.16. The highest BCUT2D eigenvalue weighted by Gasteiger charge is 2.47. The van der Waals surface area contributed by atoms with Crippen LogP contribution in [-0.4, -0.2) is 15.4 Å². The first kappa shape index (κ1) is 27.6. The Morgan fingerprint density at radius 3 is 1.86 bits per heavy atom. The summed E-state index contributed by atoms with van der Waals surface area (Å²) in [6.45, 7) is 13.4. The Hall–Kier alpha value is -2.01. The van der Waals surface area contributed by atoms with E-state index in [1.165, 1.54) is 0 Å². The maximum Gasteiger partial charge on any atom is 0.258 e. The van der Waals surface area contributed by atoms with Crippen molar-refractivity contribution < 1.29 is 13.6 Å². The number of rotatable bonds is 9. The van der Waals surface area contributed by atoms with Crippen molar-refractivity contribution in [1.82, 2.24) is 0 Å². The Bertz CT molecular complexity index is 1120. The molecular weight excluding hydrogens is 498 g/mol. The van der Waals surface area contributed by atoms with E-state index in [-0.39, 0.29) is 12.2 Å². The highest BCUT2D eigenvalue weighted by atomic mass is 35.5. The summed E-state index contributed by atoms with van der Waals surface area (Å²) >= 11 is 13.4. The summed E-state index contributed by atoms with van der Waals surface area (Å²) in [5.41, 5.74) is 3.62. The average molecular weight is 534 g/mol. The lowest BCUT2D eigenvalue weighted by atomic mass is 9.97. The van der Waals surface area contributed by atoms with Crippen LogP contribution in [0.1, 0.15) is 52.7 Å². The number of hydrogen-bond acceptors (Lipinski definition) is 2. The van der Waals surface area contributed by atoms with E-state index >= 15 is 4.39 Å². The normalized spacial score (nSPS) is 12.0. The van der Waals surface area contributed by atoms with Crippen LogP contribution in [0.5, 0.6) is 11.5 Å². The lowest BCUT2D eigenvalue weighted by Gasteiger charge is -2.42. The highest BCUT2D eigenvalue weighted by Crippen LogP contribution is 2.44. The number of benzene rings is 3. The van der Waals surface area contributed by atoms with Crippen molar-refractivity contribution in [1.29, 1.82) is 0 Å². The van der Waals surface area contributed by atoms with E-state index in [0.29, 0.717) is 54.9 Å². The fourth-order valence-corrected chi connectivity index (χ4v) is 11.2. The standard InChI is InChI=1S/C29H35Cl2FO2Si/c1-18(2)35(19(3)4,20(5)6)34-23-16-25(30)24(26(31)17-23)15-22-13-14-27(33-7)28(29(22)32)21-11-9-8-10-12-21/h8-14,16-20H,15H2,1-7H3. The van der Waals surface area contributed by atoms with Gasteiger partial charge in [0.15, 0.2) is 0 Å². The number of methoxy groups -OCH3 is 1. The summed E-state index contributed by atoms with van der Waals surface area (Å²) in [6.07, 6.45) is 0.259. The summed E-state index contributed by atoms with van der Waals surface area (Å²) in [6, 6.07) is 16.6. The van der Waals surface area contributed by atoms with Gasteiger partial charge in [0.05, 0.1) is 12.7 Å². The monoisotopic (exact) mass is 532 g/mol. The lowest BCUT2D eigenvalue weighted by molar-refractivity contribution is 0.413. The minimum absolute atomic E-state index is 0.259. The lowest BCUT2D eigenvalue weighted by Crippen LogP contribution is -2.50. The van der Waals surface area contributed by atoms with Crippen molar-refractivity contribution in [3.8, 4) is 22.6 Å². The van der Waals surface area contributed by atoms with Crippen LogP contribution in [0.4, 0.5) is 4.39 Å². The van der Waals surface area contributed by atoms with E-state index in [1.807, 2.05) is 42.5 Å². The summed E-state index contributed by atoms with van der Waals surface area (Å²) in [5, 5.41) is 0.950. The molecule has 0 aliphatic carbocycles. The van der Waals surface area contributed by atoms with Crippen LogP contribution in [0, 0.1) is 5.82 Å². The van der Waals surface area contributed by atoms with Crippen molar-refractivity contribution in [3.05, 3.63) is 81.6 Å². The summed E-state index contributed by atoms with van der Waals surface area (Å²) in [7, 11) is -0.618.